The molecule has 0 saturated heterocycles. The van der Waals surface area contributed by atoms with E-state index in [1.807, 2.05) is 0 Å². The summed E-state index contributed by atoms with van der Waals surface area (Å²) in [4.78, 5) is 0. The minimum absolute atomic E-state index is 0.367. The first-order valence-electron chi connectivity index (χ1n) is 5.96. The molecule has 0 saturated carbocycles. The minimum atomic E-state index is 0.367. The second-order valence-corrected chi connectivity index (χ2v) is 3.99. The lowest BCUT2D eigenvalue weighted by molar-refractivity contribution is 0.281. The third kappa shape index (κ3) is 8.29. The van der Waals surface area contributed by atoms with E-state index < -0.39 is 0 Å². The summed E-state index contributed by atoms with van der Waals surface area (Å²) in [5, 5.41) is 8.61. The zero-order chi connectivity index (χ0) is 9.94. The van der Waals surface area contributed by atoms with Crippen molar-refractivity contribution >= 4 is 0 Å². The predicted molar refractivity (Wildman–Crippen MR) is 58.9 cm³/mol. The molecule has 0 fully saturated rings. The molecule has 0 amide bonds. The molecule has 0 aliphatic carbocycles. The quantitative estimate of drug-likeness (QED) is 0.544. The Morgan fingerprint density at radius 1 is 0.923 bits per heavy atom. The third-order valence-corrected chi connectivity index (χ3v) is 2.79. The molecule has 0 aromatic rings. The Balaban J connectivity index is 3.17. The van der Waals surface area contributed by atoms with E-state index in [-0.39, 0.29) is 0 Å². The van der Waals surface area contributed by atoms with Gasteiger partial charge in [0.25, 0.3) is 0 Å². The Bertz CT molecular complexity index is 91.1. The van der Waals surface area contributed by atoms with E-state index in [2.05, 4.69) is 13.8 Å². The van der Waals surface area contributed by atoms with Crippen LogP contribution in [0.15, 0.2) is 0 Å². The Morgan fingerprint density at radius 3 is 2.15 bits per heavy atom. The van der Waals surface area contributed by atoms with Gasteiger partial charge in [-0.15, -0.1) is 0 Å². The Labute approximate surface area is 83.5 Å². The Hall–Kier alpha value is -0.0400. The molecule has 1 heteroatoms. The first-order valence-corrected chi connectivity index (χ1v) is 5.96. The lowest BCUT2D eigenvalue weighted by Crippen LogP contribution is -1.98. The maximum absolute atomic E-state index is 8.61. The zero-order valence-corrected chi connectivity index (χ0v) is 9.39. The van der Waals surface area contributed by atoms with Gasteiger partial charge in [-0.3, -0.25) is 0 Å². The summed E-state index contributed by atoms with van der Waals surface area (Å²) in [6.45, 7) is 4.94. The van der Waals surface area contributed by atoms with E-state index in [1.54, 1.807) is 0 Å². The second kappa shape index (κ2) is 10.0. The van der Waals surface area contributed by atoms with Gasteiger partial charge < -0.3 is 5.11 Å². The Morgan fingerprint density at radius 2 is 1.62 bits per heavy atom. The van der Waals surface area contributed by atoms with Gasteiger partial charge in [0.05, 0.1) is 0 Å². The number of aliphatic hydroxyl groups is 1. The van der Waals surface area contributed by atoms with Crippen LogP contribution < -0.4 is 0 Å². The summed E-state index contributed by atoms with van der Waals surface area (Å²) in [5.41, 5.74) is 0. The molecule has 0 aromatic carbocycles. The molecule has 1 unspecified atom stereocenters. The van der Waals surface area contributed by atoms with Crippen LogP contribution in [0.2, 0.25) is 0 Å². The fraction of sp³-hybridized carbons (Fsp3) is 1.00. The van der Waals surface area contributed by atoms with E-state index in [1.165, 1.54) is 44.9 Å². The lowest BCUT2D eigenvalue weighted by atomic mass is 9.94. The number of rotatable bonds is 9. The number of aliphatic hydroxyl groups excluding tert-OH is 1. The van der Waals surface area contributed by atoms with Crippen molar-refractivity contribution in [1.82, 2.24) is 0 Å². The van der Waals surface area contributed by atoms with Crippen molar-refractivity contribution in [2.75, 3.05) is 6.61 Å². The summed E-state index contributed by atoms with van der Waals surface area (Å²) >= 11 is 0. The van der Waals surface area contributed by atoms with Gasteiger partial charge in [0, 0.05) is 6.61 Å². The molecule has 1 nitrogen and oxygen atoms in total. The van der Waals surface area contributed by atoms with Crippen LogP contribution in [0.5, 0.6) is 0 Å². The van der Waals surface area contributed by atoms with Gasteiger partial charge in [-0.2, -0.15) is 0 Å². The molecule has 1 N–H and O–H groups in total. The molecule has 0 heterocycles. The molecule has 0 rings (SSSR count). The van der Waals surface area contributed by atoms with Crippen molar-refractivity contribution in [1.29, 1.82) is 0 Å². The third-order valence-electron chi connectivity index (χ3n) is 2.79. The molecular formula is C12H26O. The largest absolute Gasteiger partial charge is 0.396 e. The van der Waals surface area contributed by atoms with Gasteiger partial charge in [-0.05, 0) is 12.3 Å². The van der Waals surface area contributed by atoms with Crippen molar-refractivity contribution in [3.8, 4) is 0 Å². The van der Waals surface area contributed by atoms with Crippen molar-refractivity contribution in [2.24, 2.45) is 5.92 Å². The molecule has 0 spiro atoms. The number of hydrogen-bond acceptors (Lipinski definition) is 1. The fourth-order valence-electron chi connectivity index (χ4n) is 1.86. The van der Waals surface area contributed by atoms with Crippen LogP contribution in [0.1, 0.15) is 65.2 Å². The fourth-order valence-corrected chi connectivity index (χ4v) is 1.86. The van der Waals surface area contributed by atoms with Crippen molar-refractivity contribution in [3.05, 3.63) is 0 Å². The predicted octanol–water partition coefficient (Wildman–Crippen LogP) is 3.76. The highest BCUT2D eigenvalue weighted by Crippen LogP contribution is 2.18. The van der Waals surface area contributed by atoms with E-state index in [0.29, 0.717) is 6.61 Å². The molecule has 1 atom stereocenters. The van der Waals surface area contributed by atoms with E-state index >= 15 is 0 Å². The summed E-state index contributed by atoms with van der Waals surface area (Å²) in [6.07, 6.45) is 10.3. The normalized spacial score (nSPS) is 13.2. The monoisotopic (exact) mass is 186 g/mol. The van der Waals surface area contributed by atoms with Crippen LogP contribution in [0.25, 0.3) is 0 Å². The van der Waals surface area contributed by atoms with Gasteiger partial charge in [0.2, 0.25) is 0 Å². The van der Waals surface area contributed by atoms with E-state index in [0.717, 1.165) is 12.3 Å². The van der Waals surface area contributed by atoms with Crippen molar-refractivity contribution in [3.63, 3.8) is 0 Å². The molecule has 0 aromatic heterocycles. The molecule has 13 heavy (non-hydrogen) atoms. The topological polar surface area (TPSA) is 20.2 Å². The van der Waals surface area contributed by atoms with Crippen LogP contribution in [0, 0.1) is 5.92 Å². The first-order chi connectivity index (χ1) is 6.35. The molecule has 80 valence electrons. The number of hydrogen-bond donors (Lipinski definition) is 1. The van der Waals surface area contributed by atoms with Gasteiger partial charge >= 0.3 is 0 Å². The van der Waals surface area contributed by atoms with Crippen molar-refractivity contribution < 1.29 is 5.11 Å². The van der Waals surface area contributed by atoms with Gasteiger partial charge in [0.1, 0.15) is 0 Å². The smallest absolute Gasteiger partial charge is 0.0431 e. The SMILES string of the molecule is CCCC(CC)CCCCCCO. The molecule has 0 aliphatic rings. The number of unbranched alkanes of at least 4 members (excludes halogenated alkanes) is 3. The zero-order valence-electron chi connectivity index (χ0n) is 9.39. The first kappa shape index (κ1) is 13.0. The Kier molecular flexibility index (Phi) is 10.0. The summed E-state index contributed by atoms with van der Waals surface area (Å²) < 4.78 is 0. The van der Waals surface area contributed by atoms with Crippen molar-refractivity contribution in [2.45, 2.75) is 65.2 Å². The van der Waals surface area contributed by atoms with E-state index in [4.69, 9.17) is 5.11 Å². The van der Waals surface area contributed by atoms with Crippen LogP contribution in [0.4, 0.5) is 0 Å². The van der Waals surface area contributed by atoms with Gasteiger partial charge in [0.15, 0.2) is 0 Å². The highest BCUT2D eigenvalue weighted by Gasteiger charge is 2.03. The highest BCUT2D eigenvalue weighted by atomic mass is 16.2. The van der Waals surface area contributed by atoms with Crippen LogP contribution in [0.3, 0.4) is 0 Å². The average molecular weight is 186 g/mol. The van der Waals surface area contributed by atoms with Gasteiger partial charge in [-0.1, -0.05) is 58.8 Å². The molecular weight excluding hydrogens is 160 g/mol. The average Bonchev–Trinajstić information content (AvgIpc) is 2.16. The highest BCUT2D eigenvalue weighted by molar-refractivity contribution is 4.56. The lowest BCUT2D eigenvalue weighted by Gasteiger charge is -2.12. The second-order valence-electron chi connectivity index (χ2n) is 3.99. The molecule has 0 radical (unpaired) electrons. The summed E-state index contributed by atoms with van der Waals surface area (Å²) in [6, 6.07) is 0. The standard InChI is InChI=1S/C12H26O/c1-3-9-12(4-2)10-7-5-6-8-11-13/h12-13H,3-11H2,1-2H3. The maximum atomic E-state index is 8.61. The minimum Gasteiger partial charge on any atom is -0.396 e. The summed E-state index contributed by atoms with van der Waals surface area (Å²) in [7, 11) is 0. The molecule has 0 aliphatic heterocycles. The molecule has 0 bridgehead atoms. The van der Waals surface area contributed by atoms with Crippen LogP contribution >= 0.6 is 0 Å². The van der Waals surface area contributed by atoms with E-state index in [9.17, 15) is 0 Å². The van der Waals surface area contributed by atoms with Crippen LogP contribution in [-0.4, -0.2) is 11.7 Å². The summed E-state index contributed by atoms with van der Waals surface area (Å²) in [5.74, 6) is 0.958. The van der Waals surface area contributed by atoms with Gasteiger partial charge in [-0.25, -0.2) is 0 Å². The maximum Gasteiger partial charge on any atom is 0.0431 e. The van der Waals surface area contributed by atoms with Crippen LogP contribution in [-0.2, 0) is 0 Å².